The number of nitrogens with two attached hydrogens (primary N) is 1. The van der Waals surface area contributed by atoms with E-state index >= 15 is 0 Å². The third-order valence-electron chi connectivity index (χ3n) is 2.77. The van der Waals surface area contributed by atoms with Crippen molar-refractivity contribution < 1.29 is 4.42 Å². The molecule has 1 heterocycles. The summed E-state index contributed by atoms with van der Waals surface area (Å²) in [6.45, 7) is 5.17. The average Bonchev–Trinajstić information content (AvgIpc) is 2.48. The van der Waals surface area contributed by atoms with Crippen molar-refractivity contribution in [1.29, 1.82) is 0 Å². The summed E-state index contributed by atoms with van der Waals surface area (Å²) in [6.07, 6.45) is 3.65. The highest BCUT2D eigenvalue weighted by Gasteiger charge is 2.34. The van der Waals surface area contributed by atoms with Crippen LogP contribution in [0, 0.1) is 5.41 Å². The van der Waals surface area contributed by atoms with Crippen molar-refractivity contribution in [3.05, 3.63) is 17.8 Å². The zero-order chi connectivity index (χ0) is 9.47. The normalized spacial score (nSPS) is 25.6. The van der Waals surface area contributed by atoms with Crippen molar-refractivity contribution in [2.24, 2.45) is 11.1 Å². The molecule has 13 heavy (non-hydrogen) atoms. The molecule has 1 aromatic rings. The van der Waals surface area contributed by atoms with Crippen molar-refractivity contribution in [2.45, 2.75) is 32.6 Å². The van der Waals surface area contributed by atoms with E-state index in [1.165, 1.54) is 6.39 Å². The predicted octanol–water partition coefficient (Wildman–Crippen LogP) is 1.69. The first kappa shape index (κ1) is 8.75. The van der Waals surface area contributed by atoms with Gasteiger partial charge >= 0.3 is 0 Å². The van der Waals surface area contributed by atoms with E-state index in [2.05, 4.69) is 18.8 Å². The van der Waals surface area contributed by atoms with Gasteiger partial charge in [-0.15, -0.1) is 0 Å². The van der Waals surface area contributed by atoms with Gasteiger partial charge in [-0.3, -0.25) is 0 Å². The Bertz CT molecular complexity index is 304. The minimum atomic E-state index is 0.313. The molecule has 1 atom stereocenters. The Morgan fingerprint density at radius 2 is 2.46 bits per heavy atom. The molecule has 0 saturated heterocycles. The van der Waals surface area contributed by atoms with Gasteiger partial charge in [-0.1, -0.05) is 13.8 Å². The first-order valence-electron chi connectivity index (χ1n) is 4.75. The summed E-state index contributed by atoms with van der Waals surface area (Å²) in [5.41, 5.74) is 7.13. The maximum Gasteiger partial charge on any atom is 0.181 e. The van der Waals surface area contributed by atoms with Crippen LogP contribution in [0.2, 0.25) is 0 Å². The maximum absolute atomic E-state index is 5.71. The van der Waals surface area contributed by atoms with Gasteiger partial charge in [0, 0.05) is 12.5 Å². The molecule has 3 nitrogen and oxygen atoms in total. The van der Waals surface area contributed by atoms with E-state index in [-0.39, 0.29) is 0 Å². The fourth-order valence-electron chi connectivity index (χ4n) is 2.22. The van der Waals surface area contributed by atoms with E-state index in [4.69, 9.17) is 10.2 Å². The molecule has 2 rings (SSSR count). The highest BCUT2D eigenvalue weighted by Crippen LogP contribution is 2.40. The molecular weight excluding hydrogens is 164 g/mol. The van der Waals surface area contributed by atoms with Crippen LogP contribution in [0.4, 0.5) is 0 Å². The van der Waals surface area contributed by atoms with Gasteiger partial charge in [-0.25, -0.2) is 4.98 Å². The van der Waals surface area contributed by atoms with Gasteiger partial charge < -0.3 is 10.2 Å². The quantitative estimate of drug-likeness (QED) is 0.715. The second-order valence-corrected chi connectivity index (χ2v) is 4.64. The minimum absolute atomic E-state index is 0.313. The van der Waals surface area contributed by atoms with Gasteiger partial charge in [0.15, 0.2) is 6.39 Å². The minimum Gasteiger partial charge on any atom is -0.448 e. The molecule has 1 aliphatic carbocycles. The van der Waals surface area contributed by atoms with Crippen LogP contribution in [0.1, 0.15) is 37.6 Å². The van der Waals surface area contributed by atoms with E-state index in [0.717, 1.165) is 24.3 Å². The number of hydrogen-bond donors (Lipinski definition) is 1. The van der Waals surface area contributed by atoms with Crippen molar-refractivity contribution >= 4 is 0 Å². The molecule has 1 aromatic heterocycles. The van der Waals surface area contributed by atoms with Crippen LogP contribution in [0.15, 0.2) is 10.8 Å². The summed E-state index contributed by atoms with van der Waals surface area (Å²) in [5.74, 6) is 1.38. The lowest BCUT2D eigenvalue weighted by molar-refractivity contribution is 0.257. The van der Waals surface area contributed by atoms with Gasteiger partial charge in [0.05, 0.1) is 5.69 Å². The topological polar surface area (TPSA) is 52.0 Å². The van der Waals surface area contributed by atoms with Gasteiger partial charge in [0.2, 0.25) is 0 Å². The first-order valence-corrected chi connectivity index (χ1v) is 4.75. The van der Waals surface area contributed by atoms with Crippen LogP contribution < -0.4 is 5.73 Å². The standard InChI is InChI=1S/C10H16N2O/c1-10(2)3-7(5-11)9-8(4-10)12-6-13-9/h6-7H,3-5,11H2,1-2H3. The molecule has 3 heteroatoms. The van der Waals surface area contributed by atoms with Crippen molar-refractivity contribution in [2.75, 3.05) is 6.54 Å². The van der Waals surface area contributed by atoms with E-state index < -0.39 is 0 Å². The Labute approximate surface area is 78.3 Å². The van der Waals surface area contributed by atoms with Crippen molar-refractivity contribution in [3.63, 3.8) is 0 Å². The summed E-state index contributed by atoms with van der Waals surface area (Å²) in [4.78, 5) is 4.23. The second-order valence-electron chi connectivity index (χ2n) is 4.64. The molecular formula is C10H16N2O. The molecule has 1 unspecified atom stereocenters. The number of oxazole rings is 1. The number of fused-ring (bicyclic) bond motifs is 1. The Balaban J connectivity index is 2.36. The third kappa shape index (κ3) is 1.48. The largest absolute Gasteiger partial charge is 0.448 e. The van der Waals surface area contributed by atoms with Gasteiger partial charge in [-0.05, 0) is 18.3 Å². The molecule has 0 aromatic carbocycles. The van der Waals surface area contributed by atoms with Gasteiger partial charge in [0.1, 0.15) is 5.76 Å². The monoisotopic (exact) mass is 180 g/mol. The van der Waals surface area contributed by atoms with Crippen LogP contribution in [-0.2, 0) is 6.42 Å². The second kappa shape index (κ2) is 2.84. The Kier molecular flexibility index (Phi) is 1.91. The Morgan fingerprint density at radius 3 is 3.15 bits per heavy atom. The van der Waals surface area contributed by atoms with E-state index in [1.807, 2.05) is 0 Å². The van der Waals surface area contributed by atoms with Crippen LogP contribution in [0.25, 0.3) is 0 Å². The van der Waals surface area contributed by atoms with Crippen molar-refractivity contribution in [1.82, 2.24) is 4.98 Å². The molecule has 0 aliphatic heterocycles. The molecule has 0 saturated carbocycles. The number of hydrogen-bond acceptors (Lipinski definition) is 3. The lowest BCUT2D eigenvalue weighted by atomic mass is 9.73. The predicted molar refractivity (Wildman–Crippen MR) is 50.4 cm³/mol. The molecule has 72 valence electrons. The van der Waals surface area contributed by atoms with Gasteiger partial charge in [-0.2, -0.15) is 0 Å². The summed E-state index contributed by atoms with van der Waals surface area (Å²) >= 11 is 0. The van der Waals surface area contributed by atoms with E-state index in [1.54, 1.807) is 0 Å². The molecule has 1 aliphatic rings. The van der Waals surface area contributed by atoms with Gasteiger partial charge in [0.25, 0.3) is 0 Å². The zero-order valence-electron chi connectivity index (χ0n) is 8.21. The van der Waals surface area contributed by atoms with Crippen LogP contribution in [0.3, 0.4) is 0 Å². The Morgan fingerprint density at radius 1 is 1.69 bits per heavy atom. The highest BCUT2D eigenvalue weighted by atomic mass is 16.3. The summed E-state index contributed by atoms with van der Waals surface area (Å²) in [6, 6.07) is 0. The molecule has 0 spiro atoms. The number of aromatic nitrogens is 1. The molecule has 0 bridgehead atoms. The summed E-state index contributed by atoms with van der Waals surface area (Å²) in [5, 5.41) is 0. The first-order chi connectivity index (χ1) is 6.12. The third-order valence-corrected chi connectivity index (χ3v) is 2.77. The van der Waals surface area contributed by atoms with Crippen LogP contribution in [0.5, 0.6) is 0 Å². The van der Waals surface area contributed by atoms with E-state index in [9.17, 15) is 0 Å². The molecule has 0 fully saturated rings. The van der Waals surface area contributed by atoms with Crippen molar-refractivity contribution in [3.8, 4) is 0 Å². The lowest BCUT2D eigenvalue weighted by Gasteiger charge is -2.32. The molecule has 0 amide bonds. The maximum atomic E-state index is 5.71. The fraction of sp³-hybridized carbons (Fsp3) is 0.700. The van der Waals surface area contributed by atoms with E-state index in [0.29, 0.717) is 17.9 Å². The SMILES string of the molecule is CC1(C)Cc2ncoc2C(CN)C1. The number of nitrogens with zero attached hydrogens (tertiary/aromatic N) is 1. The highest BCUT2D eigenvalue weighted by molar-refractivity contribution is 5.19. The average molecular weight is 180 g/mol. The Hall–Kier alpha value is -0.830. The molecule has 2 N–H and O–H groups in total. The smallest absolute Gasteiger partial charge is 0.181 e. The van der Waals surface area contributed by atoms with Crippen LogP contribution >= 0.6 is 0 Å². The summed E-state index contributed by atoms with van der Waals surface area (Å²) in [7, 11) is 0. The fourth-order valence-corrected chi connectivity index (χ4v) is 2.22. The number of rotatable bonds is 1. The zero-order valence-corrected chi connectivity index (χ0v) is 8.21. The summed E-state index contributed by atoms with van der Waals surface area (Å²) < 4.78 is 5.36. The molecule has 0 radical (unpaired) electrons. The lowest BCUT2D eigenvalue weighted by Crippen LogP contribution is -2.28. The van der Waals surface area contributed by atoms with Crippen LogP contribution in [-0.4, -0.2) is 11.5 Å².